The Morgan fingerprint density at radius 3 is 2.36 bits per heavy atom. The molecule has 0 spiro atoms. The van der Waals surface area contributed by atoms with Crippen molar-refractivity contribution in [2.75, 3.05) is 19.6 Å². The Labute approximate surface area is 129 Å². The van der Waals surface area contributed by atoms with Gasteiger partial charge in [-0.05, 0) is 25.0 Å². The van der Waals surface area contributed by atoms with Crippen molar-refractivity contribution in [1.82, 2.24) is 15.5 Å². The molecule has 1 aliphatic heterocycles. The summed E-state index contributed by atoms with van der Waals surface area (Å²) in [6.45, 7) is 2.70. The van der Waals surface area contributed by atoms with Crippen molar-refractivity contribution < 1.29 is 14.4 Å². The number of benzene rings is 1. The fraction of sp³-hybridized carbons (Fsp3) is 0.438. The Hall–Kier alpha value is -2.37. The Bertz CT molecular complexity index is 537. The molecule has 1 heterocycles. The second kappa shape index (κ2) is 7.59. The van der Waals surface area contributed by atoms with Gasteiger partial charge in [-0.25, -0.2) is 0 Å². The van der Waals surface area contributed by atoms with E-state index in [-0.39, 0.29) is 30.3 Å². The average molecular weight is 303 g/mol. The fourth-order valence-electron chi connectivity index (χ4n) is 2.52. The Balaban J connectivity index is 1.74. The van der Waals surface area contributed by atoms with Gasteiger partial charge in [0, 0.05) is 31.6 Å². The van der Waals surface area contributed by atoms with Crippen LogP contribution in [0.3, 0.4) is 0 Å². The van der Waals surface area contributed by atoms with E-state index in [1.807, 2.05) is 6.07 Å². The van der Waals surface area contributed by atoms with Crippen molar-refractivity contribution in [3.63, 3.8) is 0 Å². The zero-order valence-corrected chi connectivity index (χ0v) is 12.7. The summed E-state index contributed by atoms with van der Waals surface area (Å²) in [7, 11) is 0. The van der Waals surface area contributed by atoms with E-state index in [9.17, 15) is 14.4 Å². The lowest BCUT2D eigenvalue weighted by Crippen LogP contribution is -2.48. The van der Waals surface area contributed by atoms with E-state index in [1.165, 1.54) is 6.92 Å². The van der Waals surface area contributed by atoms with Crippen LogP contribution in [0.2, 0.25) is 0 Å². The molecule has 1 aromatic carbocycles. The molecule has 0 aromatic heterocycles. The highest BCUT2D eigenvalue weighted by Gasteiger charge is 2.23. The molecule has 6 nitrogen and oxygen atoms in total. The van der Waals surface area contributed by atoms with Crippen molar-refractivity contribution in [3.05, 3.63) is 35.9 Å². The SMILES string of the molecule is CC(=O)NC1CCN(C(=O)CNC(=O)c2ccccc2)CC1. The van der Waals surface area contributed by atoms with Gasteiger partial charge < -0.3 is 15.5 Å². The zero-order valence-electron chi connectivity index (χ0n) is 12.7. The molecule has 118 valence electrons. The maximum Gasteiger partial charge on any atom is 0.251 e. The predicted molar refractivity (Wildman–Crippen MR) is 82.2 cm³/mol. The van der Waals surface area contributed by atoms with Crippen LogP contribution in [0, 0.1) is 0 Å². The second-order valence-electron chi connectivity index (χ2n) is 5.40. The molecule has 0 saturated carbocycles. The third kappa shape index (κ3) is 4.58. The third-order valence-electron chi connectivity index (χ3n) is 3.69. The molecular formula is C16H21N3O3. The molecule has 1 aromatic rings. The molecule has 1 aliphatic rings. The topological polar surface area (TPSA) is 78.5 Å². The summed E-state index contributed by atoms with van der Waals surface area (Å²) in [4.78, 5) is 36.7. The first-order chi connectivity index (χ1) is 10.6. The van der Waals surface area contributed by atoms with Crippen LogP contribution in [0.1, 0.15) is 30.1 Å². The van der Waals surface area contributed by atoms with Gasteiger partial charge in [0.05, 0.1) is 6.54 Å². The first-order valence-corrected chi connectivity index (χ1v) is 7.44. The lowest BCUT2D eigenvalue weighted by atomic mass is 10.0. The third-order valence-corrected chi connectivity index (χ3v) is 3.69. The van der Waals surface area contributed by atoms with Gasteiger partial charge in [0.15, 0.2) is 0 Å². The molecule has 0 atom stereocenters. The van der Waals surface area contributed by atoms with Crippen molar-refractivity contribution in [1.29, 1.82) is 0 Å². The van der Waals surface area contributed by atoms with E-state index in [0.29, 0.717) is 18.7 Å². The van der Waals surface area contributed by atoms with E-state index in [0.717, 1.165) is 12.8 Å². The van der Waals surface area contributed by atoms with Crippen LogP contribution in [0.5, 0.6) is 0 Å². The minimum absolute atomic E-state index is 0.00146. The predicted octanol–water partition coefficient (Wildman–Crippen LogP) is 0.544. The molecule has 0 aliphatic carbocycles. The fourth-order valence-corrected chi connectivity index (χ4v) is 2.52. The van der Waals surface area contributed by atoms with Crippen LogP contribution >= 0.6 is 0 Å². The van der Waals surface area contributed by atoms with Gasteiger partial charge >= 0.3 is 0 Å². The van der Waals surface area contributed by atoms with E-state index in [2.05, 4.69) is 10.6 Å². The second-order valence-corrected chi connectivity index (χ2v) is 5.40. The monoisotopic (exact) mass is 303 g/mol. The molecule has 3 amide bonds. The van der Waals surface area contributed by atoms with Gasteiger partial charge in [-0.3, -0.25) is 14.4 Å². The van der Waals surface area contributed by atoms with E-state index in [1.54, 1.807) is 29.2 Å². The summed E-state index contributed by atoms with van der Waals surface area (Å²) < 4.78 is 0. The molecule has 6 heteroatoms. The van der Waals surface area contributed by atoms with Gasteiger partial charge in [0.25, 0.3) is 5.91 Å². The van der Waals surface area contributed by atoms with Crippen molar-refractivity contribution in [2.45, 2.75) is 25.8 Å². The summed E-state index contributed by atoms with van der Waals surface area (Å²) in [6, 6.07) is 8.95. The first kappa shape index (κ1) is 16.0. The van der Waals surface area contributed by atoms with Crippen molar-refractivity contribution >= 4 is 17.7 Å². The Morgan fingerprint density at radius 2 is 1.77 bits per heavy atom. The number of nitrogens with one attached hydrogen (secondary N) is 2. The zero-order chi connectivity index (χ0) is 15.9. The standard InChI is InChI=1S/C16H21N3O3/c1-12(20)18-14-7-9-19(10-8-14)15(21)11-17-16(22)13-5-3-2-4-6-13/h2-6,14H,7-11H2,1H3,(H,17,22)(H,18,20). The van der Waals surface area contributed by atoms with Gasteiger partial charge in [-0.1, -0.05) is 18.2 Å². The smallest absolute Gasteiger partial charge is 0.251 e. The maximum absolute atomic E-state index is 12.1. The van der Waals surface area contributed by atoms with Gasteiger partial charge in [-0.15, -0.1) is 0 Å². The van der Waals surface area contributed by atoms with Gasteiger partial charge in [0.2, 0.25) is 11.8 Å². The van der Waals surface area contributed by atoms with Gasteiger partial charge in [0.1, 0.15) is 0 Å². The summed E-state index contributed by atoms with van der Waals surface area (Å²) >= 11 is 0. The van der Waals surface area contributed by atoms with Crippen molar-refractivity contribution in [3.8, 4) is 0 Å². The average Bonchev–Trinajstić information content (AvgIpc) is 2.53. The molecule has 0 bridgehead atoms. The van der Waals surface area contributed by atoms with Crippen molar-refractivity contribution in [2.24, 2.45) is 0 Å². The van der Waals surface area contributed by atoms with Crippen LogP contribution in [-0.2, 0) is 9.59 Å². The highest BCUT2D eigenvalue weighted by molar-refractivity contribution is 5.96. The number of nitrogens with zero attached hydrogens (tertiary/aromatic N) is 1. The number of hydrogen-bond donors (Lipinski definition) is 2. The molecule has 1 saturated heterocycles. The van der Waals surface area contributed by atoms with E-state index in [4.69, 9.17) is 0 Å². The highest BCUT2D eigenvalue weighted by atomic mass is 16.2. The number of rotatable bonds is 4. The molecular weight excluding hydrogens is 282 g/mol. The lowest BCUT2D eigenvalue weighted by molar-refractivity contribution is -0.131. The highest BCUT2D eigenvalue weighted by Crippen LogP contribution is 2.10. The number of carbonyl (C=O) groups excluding carboxylic acids is 3. The minimum atomic E-state index is -0.248. The largest absolute Gasteiger partial charge is 0.353 e. The molecule has 0 radical (unpaired) electrons. The molecule has 2 rings (SSSR count). The molecule has 0 unspecified atom stereocenters. The molecule has 22 heavy (non-hydrogen) atoms. The van der Waals surface area contributed by atoms with E-state index >= 15 is 0 Å². The first-order valence-electron chi connectivity index (χ1n) is 7.44. The summed E-state index contributed by atoms with van der Waals surface area (Å²) in [5, 5.41) is 5.51. The summed E-state index contributed by atoms with van der Waals surface area (Å²) in [6.07, 6.45) is 1.50. The summed E-state index contributed by atoms with van der Waals surface area (Å²) in [5.74, 6) is -0.382. The summed E-state index contributed by atoms with van der Waals surface area (Å²) in [5.41, 5.74) is 0.541. The number of likely N-dealkylation sites (tertiary alicyclic amines) is 1. The van der Waals surface area contributed by atoms with Crippen LogP contribution < -0.4 is 10.6 Å². The van der Waals surface area contributed by atoms with Gasteiger partial charge in [-0.2, -0.15) is 0 Å². The van der Waals surface area contributed by atoms with Crippen LogP contribution in [0.15, 0.2) is 30.3 Å². The quantitative estimate of drug-likeness (QED) is 0.852. The normalized spacial score (nSPS) is 15.2. The number of piperidine rings is 1. The lowest BCUT2D eigenvalue weighted by Gasteiger charge is -2.32. The Kier molecular flexibility index (Phi) is 5.52. The van der Waals surface area contributed by atoms with E-state index < -0.39 is 0 Å². The Morgan fingerprint density at radius 1 is 1.14 bits per heavy atom. The van der Waals surface area contributed by atoms with Crippen LogP contribution in [0.4, 0.5) is 0 Å². The molecule has 1 fully saturated rings. The number of hydrogen-bond acceptors (Lipinski definition) is 3. The van der Waals surface area contributed by atoms with Crippen LogP contribution in [-0.4, -0.2) is 48.3 Å². The minimum Gasteiger partial charge on any atom is -0.353 e. The van der Waals surface area contributed by atoms with Crippen LogP contribution in [0.25, 0.3) is 0 Å². The number of carbonyl (C=O) groups is 3. The number of amides is 3. The maximum atomic E-state index is 12.1. The molecule has 2 N–H and O–H groups in total.